The van der Waals surface area contributed by atoms with Gasteiger partial charge in [0.2, 0.25) is 0 Å². The quantitative estimate of drug-likeness (QED) is 0.614. The normalized spacial score (nSPS) is 12.6. The van der Waals surface area contributed by atoms with Gasteiger partial charge >= 0.3 is 5.97 Å². The lowest BCUT2D eigenvalue weighted by Crippen LogP contribution is -2.36. The highest BCUT2D eigenvalue weighted by Gasteiger charge is 2.22. The summed E-state index contributed by atoms with van der Waals surface area (Å²) in [5, 5.41) is 27.1. The Labute approximate surface area is 106 Å². The van der Waals surface area contributed by atoms with Crippen molar-refractivity contribution in [2.24, 2.45) is 0 Å². The number of aliphatic hydroxyl groups excluding tert-OH is 2. The van der Waals surface area contributed by atoms with Gasteiger partial charge in [-0.15, -0.1) is 0 Å². The minimum Gasteiger partial charge on any atom is -0.481 e. The molecule has 0 radical (unpaired) electrons. The van der Waals surface area contributed by atoms with Crippen molar-refractivity contribution in [3.05, 3.63) is 35.9 Å². The number of hydrogen-bond donors (Lipinski definition) is 3. The van der Waals surface area contributed by atoms with Crippen molar-refractivity contribution in [3.63, 3.8) is 0 Å². The van der Waals surface area contributed by atoms with E-state index in [1.165, 1.54) is 0 Å². The minimum atomic E-state index is -0.901. The second-order valence-corrected chi connectivity index (χ2v) is 4.05. The molecule has 0 fully saturated rings. The number of hydrogen-bond acceptors (Lipinski definition) is 4. The molecule has 1 unspecified atom stereocenters. The molecule has 1 atom stereocenters. The second-order valence-electron chi connectivity index (χ2n) is 4.05. The van der Waals surface area contributed by atoms with Crippen LogP contribution in [0.3, 0.4) is 0 Å². The highest BCUT2D eigenvalue weighted by Crippen LogP contribution is 2.17. The maximum absolute atomic E-state index is 11.3. The van der Waals surface area contributed by atoms with E-state index < -0.39 is 11.9 Å². The van der Waals surface area contributed by atoms with Gasteiger partial charge in [0.25, 0.3) is 0 Å². The molecule has 3 N–H and O–H groups in total. The molecule has 0 bridgehead atoms. The Bertz CT molecular complexity index is 349. The number of carbonyl (C=O) groups is 1. The van der Waals surface area contributed by atoms with Crippen LogP contribution in [0.4, 0.5) is 0 Å². The van der Waals surface area contributed by atoms with Crippen LogP contribution in [0, 0.1) is 0 Å². The van der Waals surface area contributed by atoms with E-state index in [2.05, 4.69) is 0 Å². The van der Waals surface area contributed by atoms with Gasteiger partial charge in [-0.1, -0.05) is 30.3 Å². The molecule has 1 rings (SSSR count). The molecular formula is C13H19NO4. The molecule has 5 nitrogen and oxygen atoms in total. The summed E-state index contributed by atoms with van der Waals surface area (Å²) in [6, 6.07) is 8.98. The summed E-state index contributed by atoms with van der Waals surface area (Å²) >= 11 is 0. The second kappa shape index (κ2) is 7.81. The first-order valence-corrected chi connectivity index (χ1v) is 5.91. The number of aliphatic carboxylic acids is 1. The van der Waals surface area contributed by atoms with Gasteiger partial charge in [0.1, 0.15) is 0 Å². The molecular weight excluding hydrogens is 234 g/mol. The lowest BCUT2D eigenvalue weighted by Gasteiger charge is -2.24. The van der Waals surface area contributed by atoms with Crippen LogP contribution in [0.25, 0.3) is 0 Å². The van der Waals surface area contributed by atoms with Gasteiger partial charge in [-0.05, 0) is 5.56 Å². The topological polar surface area (TPSA) is 81.0 Å². The number of nitrogens with zero attached hydrogens (tertiary/aromatic N) is 1. The van der Waals surface area contributed by atoms with Crippen LogP contribution in [0.15, 0.2) is 30.3 Å². The first-order chi connectivity index (χ1) is 8.69. The van der Waals surface area contributed by atoms with E-state index in [9.17, 15) is 9.90 Å². The lowest BCUT2D eigenvalue weighted by atomic mass is 9.98. The van der Waals surface area contributed by atoms with Crippen molar-refractivity contribution in [3.8, 4) is 0 Å². The molecule has 100 valence electrons. The molecule has 0 amide bonds. The fourth-order valence-corrected chi connectivity index (χ4v) is 1.85. The van der Waals surface area contributed by atoms with Crippen LogP contribution in [0.2, 0.25) is 0 Å². The third-order valence-corrected chi connectivity index (χ3v) is 2.77. The van der Waals surface area contributed by atoms with Crippen LogP contribution in [-0.4, -0.2) is 59.0 Å². The first-order valence-electron chi connectivity index (χ1n) is 5.91. The first kappa shape index (κ1) is 14.6. The molecule has 5 heteroatoms. The molecule has 0 aromatic heterocycles. The summed E-state index contributed by atoms with van der Waals surface area (Å²) < 4.78 is 0. The van der Waals surface area contributed by atoms with Gasteiger partial charge in [-0.2, -0.15) is 0 Å². The Morgan fingerprint density at radius 3 is 2.11 bits per heavy atom. The Balaban J connectivity index is 2.76. The summed E-state index contributed by atoms with van der Waals surface area (Å²) in [7, 11) is 0. The van der Waals surface area contributed by atoms with E-state index in [-0.39, 0.29) is 19.8 Å². The smallest absolute Gasteiger partial charge is 0.312 e. The molecule has 0 spiro atoms. The Kier molecular flexibility index (Phi) is 6.35. The van der Waals surface area contributed by atoms with E-state index in [0.717, 1.165) is 5.56 Å². The van der Waals surface area contributed by atoms with E-state index in [4.69, 9.17) is 10.2 Å². The van der Waals surface area contributed by atoms with Gasteiger partial charge in [0.05, 0.1) is 19.1 Å². The number of benzene rings is 1. The van der Waals surface area contributed by atoms with Crippen molar-refractivity contribution in [1.29, 1.82) is 0 Å². The van der Waals surface area contributed by atoms with Crippen molar-refractivity contribution >= 4 is 5.97 Å². The van der Waals surface area contributed by atoms with Gasteiger partial charge in [-0.25, -0.2) is 0 Å². The molecule has 0 saturated carbocycles. The zero-order chi connectivity index (χ0) is 13.4. The number of carboxylic acids is 1. The summed E-state index contributed by atoms with van der Waals surface area (Å²) in [5.74, 6) is -1.55. The number of carboxylic acid groups (broad SMARTS) is 1. The lowest BCUT2D eigenvalue weighted by molar-refractivity contribution is -0.139. The average Bonchev–Trinajstić information content (AvgIpc) is 2.37. The van der Waals surface area contributed by atoms with Crippen molar-refractivity contribution in [1.82, 2.24) is 4.90 Å². The molecule has 0 saturated heterocycles. The average molecular weight is 253 g/mol. The molecule has 0 aliphatic rings. The highest BCUT2D eigenvalue weighted by atomic mass is 16.4. The van der Waals surface area contributed by atoms with E-state index >= 15 is 0 Å². The Morgan fingerprint density at radius 1 is 1.11 bits per heavy atom. The summed E-state index contributed by atoms with van der Waals surface area (Å²) in [5.41, 5.74) is 0.728. The van der Waals surface area contributed by atoms with Crippen molar-refractivity contribution in [2.75, 3.05) is 32.8 Å². The molecule has 0 aliphatic heterocycles. The largest absolute Gasteiger partial charge is 0.481 e. The number of rotatable bonds is 8. The third kappa shape index (κ3) is 4.44. The Hall–Kier alpha value is -1.43. The van der Waals surface area contributed by atoms with Crippen LogP contribution in [-0.2, 0) is 4.79 Å². The van der Waals surface area contributed by atoms with Gasteiger partial charge < -0.3 is 15.3 Å². The highest BCUT2D eigenvalue weighted by molar-refractivity contribution is 5.76. The molecule has 1 aromatic carbocycles. The molecule has 0 heterocycles. The maximum atomic E-state index is 11.3. The van der Waals surface area contributed by atoms with Crippen LogP contribution >= 0.6 is 0 Å². The van der Waals surface area contributed by atoms with Gasteiger partial charge in [0.15, 0.2) is 0 Å². The van der Waals surface area contributed by atoms with Gasteiger partial charge in [-0.3, -0.25) is 9.69 Å². The van der Waals surface area contributed by atoms with Gasteiger partial charge in [0, 0.05) is 19.6 Å². The Morgan fingerprint density at radius 2 is 1.67 bits per heavy atom. The van der Waals surface area contributed by atoms with Crippen molar-refractivity contribution in [2.45, 2.75) is 5.92 Å². The zero-order valence-electron chi connectivity index (χ0n) is 10.2. The predicted octanol–water partition coefficient (Wildman–Crippen LogP) is 0.141. The van der Waals surface area contributed by atoms with E-state index in [1.54, 1.807) is 29.2 Å². The number of aliphatic hydroxyl groups is 2. The zero-order valence-corrected chi connectivity index (χ0v) is 10.2. The van der Waals surface area contributed by atoms with Crippen molar-refractivity contribution < 1.29 is 20.1 Å². The minimum absolute atomic E-state index is 0.0544. The van der Waals surface area contributed by atoms with E-state index in [0.29, 0.717) is 13.1 Å². The monoisotopic (exact) mass is 253 g/mol. The molecule has 1 aromatic rings. The predicted molar refractivity (Wildman–Crippen MR) is 67.4 cm³/mol. The molecule has 18 heavy (non-hydrogen) atoms. The fraction of sp³-hybridized carbons (Fsp3) is 0.462. The summed E-state index contributed by atoms with van der Waals surface area (Å²) in [6.07, 6.45) is 0. The standard InChI is InChI=1S/C13H19NO4/c15-8-6-14(7-9-16)10-12(13(17)18)11-4-2-1-3-5-11/h1-5,12,15-16H,6-10H2,(H,17,18). The van der Waals surface area contributed by atoms with Crippen LogP contribution < -0.4 is 0 Å². The fourth-order valence-electron chi connectivity index (χ4n) is 1.85. The third-order valence-electron chi connectivity index (χ3n) is 2.77. The van der Waals surface area contributed by atoms with Crippen LogP contribution in [0.5, 0.6) is 0 Å². The summed E-state index contributed by atoms with van der Waals surface area (Å²) in [6.45, 7) is 0.886. The van der Waals surface area contributed by atoms with Crippen LogP contribution in [0.1, 0.15) is 11.5 Å². The molecule has 0 aliphatic carbocycles. The summed E-state index contributed by atoms with van der Waals surface area (Å²) in [4.78, 5) is 13.0. The SMILES string of the molecule is O=C(O)C(CN(CCO)CCO)c1ccccc1. The maximum Gasteiger partial charge on any atom is 0.312 e. The van der Waals surface area contributed by atoms with E-state index in [1.807, 2.05) is 6.07 Å².